The van der Waals surface area contributed by atoms with Crippen LogP contribution < -0.4 is 27.5 Å². The first-order valence-electron chi connectivity index (χ1n) is 10.4. The SMILES string of the molecule is C=NNC(NCC1CCNCC1)=C(N)C=C1C(N)=NCCN1Cc1cc(O)ccc1Cl. The lowest BCUT2D eigenvalue weighted by molar-refractivity contribution is 0.351. The average Bonchev–Trinajstić information content (AvgIpc) is 2.76. The van der Waals surface area contributed by atoms with Gasteiger partial charge < -0.3 is 32.1 Å². The quantitative estimate of drug-likeness (QED) is 0.259. The lowest BCUT2D eigenvalue weighted by Gasteiger charge is -2.30. The molecule has 0 radical (unpaired) electrons. The molecule has 1 fully saturated rings. The molecule has 1 aromatic rings. The minimum absolute atomic E-state index is 0.161. The zero-order valence-corrected chi connectivity index (χ0v) is 18.3. The molecule has 1 aromatic carbocycles. The van der Waals surface area contributed by atoms with E-state index in [9.17, 15) is 5.11 Å². The minimum Gasteiger partial charge on any atom is -0.508 e. The molecule has 1 saturated heterocycles. The predicted octanol–water partition coefficient (Wildman–Crippen LogP) is 1.02. The van der Waals surface area contributed by atoms with E-state index in [1.54, 1.807) is 24.3 Å². The molecule has 0 atom stereocenters. The minimum atomic E-state index is 0.161. The number of piperidine rings is 1. The van der Waals surface area contributed by atoms with Crippen LogP contribution in [0, 0.1) is 5.92 Å². The molecule has 0 amide bonds. The highest BCUT2D eigenvalue weighted by Crippen LogP contribution is 2.25. The van der Waals surface area contributed by atoms with Crippen molar-refractivity contribution < 1.29 is 5.11 Å². The molecule has 0 aliphatic carbocycles. The summed E-state index contributed by atoms with van der Waals surface area (Å²) in [6, 6.07) is 4.88. The number of aliphatic imine (C=N–C) groups is 1. The Labute approximate surface area is 187 Å². The van der Waals surface area contributed by atoms with Gasteiger partial charge in [0, 0.05) is 31.4 Å². The van der Waals surface area contributed by atoms with Crippen molar-refractivity contribution in [2.45, 2.75) is 19.4 Å². The van der Waals surface area contributed by atoms with Gasteiger partial charge in [-0.2, -0.15) is 5.10 Å². The topological polar surface area (TPSA) is 136 Å². The van der Waals surface area contributed by atoms with Gasteiger partial charge >= 0.3 is 0 Å². The highest BCUT2D eigenvalue weighted by atomic mass is 35.5. The predicted molar refractivity (Wildman–Crippen MR) is 126 cm³/mol. The fourth-order valence-corrected chi connectivity index (χ4v) is 3.89. The third-order valence-corrected chi connectivity index (χ3v) is 5.81. The number of hydrogen-bond acceptors (Lipinski definition) is 9. The van der Waals surface area contributed by atoms with Gasteiger partial charge in [-0.3, -0.25) is 10.4 Å². The van der Waals surface area contributed by atoms with E-state index in [-0.39, 0.29) is 5.75 Å². The van der Waals surface area contributed by atoms with Crippen LogP contribution in [-0.4, -0.2) is 55.3 Å². The van der Waals surface area contributed by atoms with Gasteiger partial charge in [0.1, 0.15) is 17.4 Å². The van der Waals surface area contributed by atoms with Gasteiger partial charge in [-0.1, -0.05) is 11.6 Å². The first-order valence-corrected chi connectivity index (χ1v) is 10.8. The molecule has 0 saturated carbocycles. The molecule has 0 bridgehead atoms. The maximum absolute atomic E-state index is 9.82. The first kappa shape index (κ1) is 22.8. The van der Waals surface area contributed by atoms with Gasteiger partial charge in [-0.25, -0.2) is 0 Å². The van der Waals surface area contributed by atoms with Crippen molar-refractivity contribution in [1.82, 2.24) is 21.0 Å². The van der Waals surface area contributed by atoms with Crippen molar-refractivity contribution in [1.29, 1.82) is 0 Å². The second kappa shape index (κ2) is 10.9. The van der Waals surface area contributed by atoms with E-state index < -0.39 is 0 Å². The fourth-order valence-electron chi connectivity index (χ4n) is 3.71. The van der Waals surface area contributed by atoms with E-state index in [2.05, 4.69) is 32.9 Å². The zero-order valence-electron chi connectivity index (χ0n) is 17.6. The van der Waals surface area contributed by atoms with Gasteiger partial charge in [0.25, 0.3) is 0 Å². The van der Waals surface area contributed by atoms with Crippen molar-refractivity contribution in [2.75, 3.05) is 32.7 Å². The number of allylic oxidation sites excluding steroid dienone is 1. The third kappa shape index (κ3) is 6.28. The highest BCUT2D eigenvalue weighted by Gasteiger charge is 2.20. The Balaban J connectivity index is 1.81. The number of hydrogen-bond donors (Lipinski definition) is 6. The third-order valence-electron chi connectivity index (χ3n) is 5.44. The summed E-state index contributed by atoms with van der Waals surface area (Å²) in [6.07, 6.45) is 4.00. The molecule has 2 aliphatic rings. The van der Waals surface area contributed by atoms with Crippen molar-refractivity contribution in [3.63, 3.8) is 0 Å². The van der Waals surface area contributed by atoms with Crippen molar-refractivity contribution in [3.05, 3.63) is 52.1 Å². The van der Waals surface area contributed by atoms with Crippen molar-refractivity contribution in [3.8, 4) is 5.75 Å². The monoisotopic (exact) mass is 446 g/mol. The van der Waals surface area contributed by atoms with Gasteiger partial charge in [-0.05, 0) is 61.7 Å². The largest absolute Gasteiger partial charge is 0.508 e. The lowest BCUT2D eigenvalue weighted by atomic mass is 9.98. The molecule has 10 heteroatoms. The summed E-state index contributed by atoms with van der Waals surface area (Å²) in [5.74, 6) is 1.70. The maximum atomic E-state index is 9.82. The van der Waals surface area contributed by atoms with Crippen molar-refractivity contribution in [2.24, 2.45) is 27.5 Å². The molecular weight excluding hydrogens is 416 g/mol. The van der Waals surface area contributed by atoms with Crippen LogP contribution >= 0.6 is 11.6 Å². The summed E-state index contributed by atoms with van der Waals surface area (Å²) in [7, 11) is 0. The summed E-state index contributed by atoms with van der Waals surface area (Å²) < 4.78 is 0. The Kier molecular flexibility index (Phi) is 8.02. The van der Waals surface area contributed by atoms with E-state index in [1.807, 2.05) is 4.90 Å². The number of halogens is 1. The Morgan fingerprint density at radius 3 is 2.94 bits per heavy atom. The molecule has 168 valence electrons. The molecule has 31 heavy (non-hydrogen) atoms. The number of nitrogens with zero attached hydrogens (tertiary/aromatic N) is 3. The smallest absolute Gasteiger partial charge is 0.143 e. The van der Waals surface area contributed by atoms with Gasteiger partial charge in [0.2, 0.25) is 0 Å². The molecule has 0 aromatic heterocycles. The maximum Gasteiger partial charge on any atom is 0.143 e. The van der Waals surface area contributed by atoms with Gasteiger partial charge in [0.15, 0.2) is 0 Å². The second-order valence-electron chi connectivity index (χ2n) is 7.67. The van der Waals surface area contributed by atoms with Crippen molar-refractivity contribution >= 4 is 24.2 Å². The Morgan fingerprint density at radius 2 is 2.19 bits per heavy atom. The number of phenols is 1. The van der Waals surface area contributed by atoms with Crippen LogP contribution in [0.2, 0.25) is 5.02 Å². The van der Waals surface area contributed by atoms with Crippen LogP contribution in [-0.2, 0) is 6.54 Å². The van der Waals surface area contributed by atoms with E-state index in [0.29, 0.717) is 53.6 Å². The van der Waals surface area contributed by atoms with Crippen LogP contribution in [0.25, 0.3) is 0 Å². The lowest BCUT2D eigenvalue weighted by Crippen LogP contribution is -2.38. The van der Waals surface area contributed by atoms with Crippen LogP contribution in [0.5, 0.6) is 5.75 Å². The normalized spacial score (nSPS) is 19.6. The highest BCUT2D eigenvalue weighted by molar-refractivity contribution is 6.31. The number of rotatable bonds is 8. The Morgan fingerprint density at radius 1 is 1.42 bits per heavy atom. The number of amidine groups is 1. The summed E-state index contributed by atoms with van der Waals surface area (Å²) in [5, 5.41) is 20.9. The molecule has 9 nitrogen and oxygen atoms in total. The van der Waals surface area contributed by atoms with Crippen LogP contribution in [0.4, 0.5) is 0 Å². The van der Waals surface area contributed by atoms with E-state index in [4.69, 9.17) is 23.1 Å². The average molecular weight is 447 g/mol. The fraction of sp³-hybridized carbons (Fsp3) is 0.429. The van der Waals surface area contributed by atoms with Gasteiger partial charge in [0.05, 0.1) is 17.9 Å². The van der Waals surface area contributed by atoms with E-state index in [1.165, 1.54) is 0 Å². The number of nitrogens with one attached hydrogen (secondary N) is 3. The molecular formula is C21H31ClN8O. The zero-order chi connectivity index (χ0) is 22.2. The molecule has 0 spiro atoms. The summed E-state index contributed by atoms with van der Waals surface area (Å²) in [4.78, 5) is 6.40. The van der Waals surface area contributed by atoms with E-state index >= 15 is 0 Å². The van der Waals surface area contributed by atoms with Crippen LogP contribution in [0.1, 0.15) is 18.4 Å². The molecule has 0 unspecified atom stereocenters. The molecule has 2 aliphatic heterocycles. The van der Waals surface area contributed by atoms with Crippen LogP contribution in [0.15, 0.2) is 51.6 Å². The first-order chi connectivity index (χ1) is 15.0. The summed E-state index contributed by atoms with van der Waals surface area (Å²) in [6.45, 7) is 8.03. The molecule has 8 N–H and O–H groups in total. The van der Waals surface area contributed by atoms with Gasteiger partial charge in [-0.15, -0.1) is 0 Å². The number of hydrazone groups is 1. The summed E-state index contributed by atoms with van der Waals surface area (Å²) >= 11 is 6.32. The second-order valence-corrected chi connectivity index (χ2v) is 8.08. The number of aromatic hydroxyl groups is 1. The summed E-state index contributed by atoms with van der Waals surface area (Å²) in [5.41, 5.74) is 17.4. The van der Waals surface area contributed by atoms with Crippen LogP contribution in [0.3, 0.4) is 0 Å². The number of nitrogens with two attached hydrogens (primary N) is 2. The molecule has 2 heterocycles. The Hall–Kier alpha value is -2.91. The van der Waals surface area contributed by atoms with E-state index in [0.717, 1.165) is 38.0 Å². The Bertz CT molecular complexity index is 876. The number of phenolic OH excluding ortho intramolecular Hbond substituents is 1. The molecule has 3 rings (SSSR count). The standard InChI is InChI=1S/C21H31ClN8O/c1-25-29-21(28-12-14-4-6-26-7-5-14)18(23)11-19-20(24)27-8-9-30(19)13-15-10-16(31)2-3-17(15)22/h2-3,10-11,14,26,28-29,31H,1,4-9,12-13,23H2,(H2,24,27). The number of benzene rings is 1.